The first kappa shape index (κ1) is 25.4. The zero-order chi connectivity index (χ0) is 26.0. The van der Waals surface area contributed by atoms with Crippen LogP contribution in [0.1, 0.15) is 51.9 Å². The number of nitrogens with zero attached hydrogens (tertiary/aromatic N) is 2. The van der Waals surface area contributed by atoms with Crippen molar-refractivity contribution in [3.05, 3.63) is 66.7 Å². The number of carbonyl (C=O) groups excluding carboxylic acids is 2. The van der Waals surface area contributed by atoms with Gasteiger partial charge in [0.2, 0.25) is 15.9 Å². The predicted octanol–water partition coefficient (Wildman–Crippen LogP) is 5.28. The Balaban J connectivity index is 1.53. The van der Waals surface area contributed by atoms with Gasteiger partial charge in [-0.25, -0.2) is 13.3 Å². The van der Waals surface area contributed by atoms with E-state index in [9.17, 15) is 18.0 Å². The molecule has 0 N–H and O–H groups in total. The lowest BCUT2D eigenvalue weighted by Crippen LogP contribution is -2.50. The molecule has 8 heteroatoms. The third-order valence-corrected chi connectivity index (χ3v) is 9.27. The zero-order valence-corrected chi connectivity index (χ0v) is 21.8. The Morgan fingerprint density at radius 2 is 1.57 bits per heavy atom. The van der Waals surface area contributed by atoms with Gasteiger partial charge < -0.3 is 4.74 Å². The Kier molecular flexibility index (Phi) is 7.31. The van der Waals surface area contributed by atoms with E-state index in [1.165, 1.54) is 4.31 Å². The van der Waals surface area contributed by atoms with Gasteiger partial charge in [0.05, 0.1) is 23.6 Å². The van der Waals surface area contributed by atoms with Crippen LogP contribution in [-0.2, 0) is 19.6 Å². The number of ether oxygens (including phenoxy) is 1. The highest BCUT2D eigenvalue weighted by atomic mass is 32.2. The summed E-state index contributed by atoms with van der Waals surface area (Å²) < 4.78 is 35.3. The Morgan fingerprint density at radius 3 is 2.24 bits per heavy atom. The van der Waals surface area contributed by atoms with Gasteiger partial charge in [0, 0.05) is 6.04 Å². The number of imide groups is 1. The standard InChI is InChI=1S/C29H32N2O5S/c1-2-36-25-16-14-23(15-17-25)30-28(32)20-27(29(30)33)31(24-11-5-3-4-6-12-24)37(34,35)26-18-13-21-9-7-8-10-22(21)19-26/h7-10,13-19,24,27H,2-6,11-12,20H2,1H3. The molecule has 1 aliphatic heterocycles. The highest BCUT2D eigenvalue weighted by Gasteiger charge is 2.49. The molecule has 0 spiro atoms. The minimum absolute atomic E-state index is 0.148. The summed E-state index contributed by atoms with van der Waals surface area (Å²) in [6.45, 7) is 2.38. The summed E-state index contributed by atoms with van der Waals surface area (Å²) in [5.74, 6) is -0.255. The molecule has 2 fully saturated rings. The van der Waals surface area contributed by atoms with Crippen molar-refractivity contribution in [3.8, 4) is 5.75 Å². The maximum Gasteiger partial charge on any atom is 0.252 e. The van der Waals surface area contributed by atoms with E-state index in [2.05, 4.69) is 0 Å². The van der Waals surface area contributed by atoms with Crippen LogP contribution >= 0.6 is 0 Å². The molecule has 0 radical (unpaired) electrons. The quantitative estimate of drug-likeness (QED) is 0.312. The van der Waals surface area contributed by atoms with E-state index in [4.69, 9.17) is 4.74 Å². The molecule has 1 unspecified atom stereocenters. The molecule has 0 bridgehead atoms. The maximum atomic E-state index is 14.2. The first-order valence-corrected chi connectivity index (χ1v) is 14.5. The summed E-state index contributed by atoms with van der Waals surface area (Å²) in [6.07, 6.45) is 5.04. The third kappa shape index (κ3) is 5.00. The molecule has 2 aliphatic rings. The van der Waals surface area contributed by atoms with Crippen molar-refractivity contribution in [1.82, 2.24) is 4.31 Å². The number of hydrogen-bond donors (Lipinski definition) is 0. The lowest BCUT2D eigenvalue weighted by atomic mass is 10.1. The topological polar surface area (TPSA) is 84.0 Å². The Morgan fingerprint density at radius 1 is 0.892 bits per heavy atom. The number of carbonyl (C=O) groups is 2. The molecule has 3 aromatic carbocycles. The smallest absolute Gasteiger partial charge is 0.252 e. The van der Waals surface area contributed by atoms with E-state index in [1.54, 1.807) is 42.5 Å². The minimum atomic E-state index is -4.05. The van der Waals surface area contributed by atoms with E-state index >= 15 is 0 Å². The van der Waals surface area contributed by atoms with E-state index in [0.29, 0.717) is 30.9 Å². The van der Waals surface area contributed by atoms with Gasteiger partial charge in [-0.1, -0.05) is 56.0 Å². The van der Waals surface area contributed by atoms with Crippen molar-refractivity contribution >= 4 is 38.3 Å². The highest BCUT2D eigenvalue weighted by Crippen LogP contribution is 2.35. The average Bonchev–Trinajstić information content (AvgIpc) is 3.05. The molecule has 1 saturated heterocycles. The van der Waals surface area contributed by atoms with Crippen LogP contribution in [0.3, 0.4) is 0 Å². The number of amides is 2. The second-order valence-corrected chi connectivity index (χ2v) is 11.5. The minimum Gasteiger partial charge on any atom is -0.494 e. The summed E-state index contributed by atoms with van der Waals surface area (Å²) >= 11 is 0. The van der Waals surface area contributed by atoms with E-state index in [1.807, 2.05) is 31.2 Å². The van der Waals surface area contributed by atoms with Gasteiger partial charge in [0.25, 0.3) is 5.91 Å². The van der Waals surface area contributed by atoms with Gasteiger partial charge in [-0.2, -0.15) is 4.31 Å². The van der Waals surface area contributed by atoms with Crippen molar-refractivity contribution in [2.45, 2.75) is 68.8 Å². The molecule has 194 valence electrons. The second kappa shape index (κ2) is 10.6. The molecular weight excluding hydrogens is 488 g/mol. The van der Waals surface area contributed by atoms with Crippen molar-refractivity contribution in [2.24, 2.45) is 0 Å². The molecule has 2 amide bonds. The molecule has 1 atom stereocenters. The lowest BCUT2D eigenvalue weighted by Gasteiger charge is -2.34. The number of sulfonamides is 1. The number of rotatable bonds is 7. The Bertz CT molecular complexity index is 1400. The van der Waals surface area contributed by atoms with Gasteiger partial charge in [-0.05, 0) is 66.9 Å². The normalized spacial score (nSPS) is 19.5. The first-order chi connectivity index (χ1) is 17.9. The molecule has 1 aliphatic carbocycles. The van der Waals surface area contributed by atoms with E-state index in [-0.39, 0.29) is 17.4 Å². The summed E-state index contributed by atoms with van der Waals surface area (Å²) in [5, 5.41) is 1.76. The highest BCUT2D eigenvalue weighted by molar-refractivity contribution is 7.89. The lowest BCUT2D eigenvalue weighted by molar-refractivity contribution is -0.122. The predicted molar refractivity (Wildman–Crippen MR) is 143 cm³/mol. The van der Waals surface area contributed by atoms with Crippen LogP contribution in [-0.4, -0.2) is 43.2 Å². The molecule has 0 aromatic heterocycles. The Labute approximate surface area is 218 Å². The van der Waals surface area contributed by atoms with Crippen LogP contribution in [0.4, 0.5) is 5.69 Å². The molecule has 3 aromatic rings. The maximum absolute atomic E-state index is 14.2. The average molecular weight is 521 g/mol. The summed E-state index contributed by atoms with van der Waals surface area (Å²) in [4.78, 5) is 28.2. The van der Waals surface area contributed by atoms with Crippen molar-refractivity contribution < 1.29 is 22.7 Å². The Hall–Kier alpha value is -3.23. The molecule has 5 rings (SSSR count). The molecule has 1 saturated carbocycles. The van der Waals surface area contributed by atoms with E-state index < -0.39 is 27.9 Å². The van der Waals surface area contributed by atoms with Crippen LogP contribution < -0.4 is 9.64 Å². The van der Waals surface area contributed by atoms with E-state index in [0.717, 1.165) is 41.4 Å². The SMILES string of the molecule is CCOc1ccc(N2C(=O)CC(N(C3CCCCCC3)S(=O)(=O)c3ccc4ccccc4c3)C2=O)cc1. The zero-order valence-electron chi connectivity index (χ0n) is 21.0. The second-order valence-electron chi connectivity index (χ2n) is 9.70. The van der Waals surface area contributed by atoms with Crippen LogP contribution in [0.5, 0.6) is 5.75 Å². The van der Waals surface area contributed by atoms with Crippen LogP contribution in [0, 0.1) is 0 Å². The number of fused-ring (bicyclic) bond motifs is 1. The van der Waals surface area contributed by atoms with Crippen LogP contribution in [0.15, 0.2) is 71.6 Å². The molecular formula is C29H32N2O5S. The van der Waals surface area contributed by atoms with Crippen molar-refractivity contribution in [1.29, 1.82) is 0 Å². The number of benzene rings is 3. The monoisotopic (exact) mass is 520 g/mol. The van der Waals surface area contributed by atoms with Gasteiger partial charge in [0.15, 0.2) is 0 Å². The molecule has 7 nitrogen and oxygen atoms in total. The van der Waals surface area contributed by atoms with Crippen LogP contribution in [0.25, 0.3) is 10.8 Å². The fourth-order valence-electron chi connectivity index (χ4n) is 5.52. The van der Waals surface area contributed by atoms with Crippen molar-refractivity contribution in [3.63, 3.8) is 0 Å². The van der Waals surface area contributed by atoms with Gasteiger partial charge in [0.1, 0.15) is 11.8 Å². The summed E-state index contributed by atoms with van der Waals surface area (Å²) in [5.41, 5.74) is 0.421. The van der Waals surface area contributed by atoms with Crippen molar-refractivity contribution in [2.75, 3.05) is 11.5 Å². The largest absolute Gasteiger partial charge is 0.494 e. The number of anilines is 1. The first-order valence-electron chi connectivity index (χ1n) is 13.0. The molecule has 1 heterocycles. The molecule has 37 heavy (non-hydrogen) atoms. The van der Waals surface area contributed by atoms with Gasteiger partial charge in [-0.15, -0.1) is 0 Å². The summed E-state index contributed by atoms with van der Waals surface area (Å²) in [6, 6.07) is 18.0. The fraction of sp³-hybridized carbons (Fsp3) is 0.379. The van der Waals surface area contributed by atoms with Crippen LogP contribution in [0.2, 0.25) is 0 Å². The van der Waals surface area contributed by atoms with Gasteiger partial charge >= 0.3 is 0 Å². The fourth-order valence-corrected chi connectivity index (χ4v) is 7.39. The van der Waals surface area contributed by atoms with Gasteiger partial charge in [-0.3, -0.25) is 9.59 Å². The summed E-state index contributed by atoms with van der Waals surface area (Å²) in [7, 11) is -4.05. The number of hydrogen-bond acceptors (Lipinski definition) is 5. The third-order valence-electron chi connectivity index (χ3n) is 7.32.